The van der Waals surface area contributed by atoms with Gasteiger partial charge >= 0.3 is 0 Å². The highest BCUT2D eigenvalue weighted by Gasteiger charge is 2.31. The molecule has 0 aromatic heterocycles. The molecule has 1 N–H and O–H groups in total. The molecule has 16 heavy (non-hydrogen) atoms. The van der Waals surface area contributed by atoms with E-state index in [2.05, 4.69) is 37.2 Å². The maximum absolute atomic E-state index is 5.35. The van der Waals surface area contributed by atoms with Crippen LogP contribution in [0.15, 0.2) is 0 Å². The van der Waals surface area contributed by atoms with E-state index in [-0.39, 0.29) is 0 Å². The van der Waals surface area contributed by atoms with Crippen molar-refractivity contribution in [3.63, 3.8) is 0 Å². The van der Waals surface area contributed by atoms with Crippen LogP contribution in [-0.4, -0.2) is 36.8 Å². The maximum atomic E-state index is 5.35. The second-order valence-electron chi connectivity index (χ2n) is 5.06. The molecule has 0 aromatic carbocycles. The zero-order valence-electron chi connectivity index (χ0n) is 11.2. The predicted molar refractivity (Wildman–Crippen MR) is 73.3 cm³/mol. The summed E-state index contributed by atoms with van der Waals surface area (Å²) in [5.74, 6) is 0. The second kappa shape index (κ2) is 6.87. The van der Waals surface area contributed by atoms with Crippen LogP contribution in [-0.2, 0) is 4.74 Å². The molecule has 0 radical (unpaired) electrons. The lowest BCUT2D eigenvalue weighted by atomic mass is 9.88. The molecular formula is C13H27NOS. The van der Waals surface area contributed by atoms with E-state index in [0.717, 1.165) is 6.54 Å². The third-order valence-electron chi connectivity index (χ3n) is 4.02. The minimum absolute atomic E-state index is 0.294. The molecule has 1 aliphatic rings. The Morgan fingerprint density at radius 2 is 1.88 bits per heavy atom. The van der Waals surface area contributed by atoms with Gasteiger partial charge in [0.1, 0.15) is 0 Å². The van der Waals surface area contributed by atoms with Crippen LogP contribution in [0, 0.1) is 0 Å². The molecule has 1 saturated carbocycles. The zero-order chi connectivity index (χ0) is 12.0. The number of nitrogens with one attached hydrogen (secondary N) is 1. The van der Waals surface area contributed by atoms with Crippen molar-refractivity contribution in [2.75, 3.05) is 19.9 Å². The van der Waals surface area contributed by atoms with Gasteiger partial charge < -0.3 is 10.1 Å². The van der Waals surface area contributed by atoms with Crippen molar-refractivity contribution in [3.8, 4) is 0 Å². The van der Waals surface area contributed by atoms with E-state index in [1.165, 1.54) is 32.1 Å². The van der Waals surface area contributed by atoms with Gasteiger partial charge in [0.05, 0.1) is 6.10 Å². The van der Waals surface area contributed by atoms with Gasteiger partial charge in [-0.3, -0.25) is 0 Å². The number of thioether (sulfide) groups is 1. The SMILES string of the molecule is COC(C)C(C)NCC1(SC)CCCCC1. The fourth-order valence-electron chi connectivity index (χ4n) is 2.37. The summed E-state index contributed by atoms with van der Waals surface area (Å²) in [6.07, 6.45) is 9.52. The van der Waals surface area contributed by atoms with Crippen molar-refractivity contribution in [2.45, 2.75) is 62.8 Å². The van der Waals surface area contributed by atoms with Crippen molar-refractivity contribution in [1.82, 2.24) is 5.32 Å². The Hall–Kier alpha value is 0.270. The normalized spacial score (nSPS) is 24.0. The van der Waals surface area contributed by atoms with Gasteiger partial charge in [0.2, 0.25) is 0 Å². The monoisotopic (exact) mass is 245 g/mol. The fraction of sp³-hybridized carbons (Fsp3) is 1.00. The van der Waals surface area contributed by atoms with E-state index in [1.807, 2.05) is 0 Å². The Labute approximate surface area is 105 Å². The van der Waals surface area contributed by atoms with Crippen molar-refractivity contribution < 1.29 is 4.74 Å². The average molecular weight is 245 g/mol. The van der Waals surface area contributed by atoms with Gasteiger partial charge in [0.15, 0.2) is 0 Å². The van der Waals surface area contributed by atoms with Gasteiger partial charge in [-0.1, -0.05) is 19.3 Å². The first-order valence-corrected chi connectivity index (χ1v) is 7.67. The van der Waals surface area contributed by atoms with Crippen molar-refractivity contribution in [1.29, 1.82) is 0 Å². The Morgan fingerprint density at radius 1 is 1.25 bits per heavy atom. The molecule has 2 nitrogen and oxygen atoms in total. The highest BCUT2D eigenvalue weighted by Crippen LogP contribution is 2.38. The summed E-state index contributed by atoms with van der Waals surface area (Å²) in [4.78, 5) is 0. The molecule has 0 aliphatic heterocycles. The summed E-state index contributed by atoms with van der Waals surface area (Å²) < 4.78 is 5.84. The topological polar surface area (TPSA) is 21.3 Å². The number of methoxy groups -OCH3 is 1. The fourth-order valence-corrected chi connectivity index (χ4v) is 3.29. The molecule has 0 saturated heterocycles. The molecule has 0 heterocycles. The summed E-state index contributed by atoms with van der Waals surface area (Å²) in [5, 5.41) is 3.65. The molecule has 0 aromatic rings. The molecule has 96 valence electrons. The molecule has 0 bridgehead atoms. The third kappa shape index (κ3) is 3.94. The van der Waals surface area contributed by atoms with Crippen molar-refractivity contribution >= 4 is 11.8 Å². The molecule has 3 heteroatoms. The average Bonchev–Trinajstić information content (AvgIpc) is 2.36. The lowest BCUT2D eigenvalue weighted by Gasteiger charge is -2.37. The Balaban J connectivity index is 2.38. The van der Waals surface area contributed by atoms with Crippen molar-refractivity contribution in [2.24, 2.45) is 0 Å². The van der Waals surface area contributed by atoms with Crippen LogP contribution in [0.1, 0.15) is 46.0 Å². The quantitative estimate of drug-likeness (QED) is 0.777. The van der Waals surface area contributed by atoms with Gasteiger partial charge in [0, 0.05) is 24.4 Å². The summed E-state index contributed by atoms with van der Waals surface area (Å²) in [6.45, 7) is 5.47. The number of hydrogen-bond donors (Lipinski definition) is 1. The first-order chi connectivity index (χ1) is 7.63. The number of ether oxygens (including phenoxy) is 1. The van der Waals surface area contributed by atoms with Crippen LogP contribution in [0.5, 0.6) is 0 Å². The standard InChI is InChI=1S/C13H27NOS/c1-11(12(2)15-3)14-10-13(16-4)8-6-5-7-9-13/h11-12,14H,5-10H2,1-4H3. The van der Waals surface area contributed by atoms with Gasteiger partial charge in [-0.15, -0.1) is 0 Å². The summed E-state index contributed by atoms with van der Waals surface area (Å²) >= 11 is 2.05. The van der Waals surface area contributed by atoms with Crippen LogP contribution >= 0.6 is 11.8 Å². The Bertz CT molecular complexity index is 192. The van der Waals surface area contributed by atoms with Gasteiger partial charge in [-0.2, -0.15) is 11.8 Å². The third-order valence-corrected chi connectivity index (χ3v) is 5.44. The van der Waals surface area contributed by atoms with Gasteiger partial charge in [0.25, 0.3) is 0 Å². The molecule has 0 spiro atoms. The van der Waals surface area contributed by atoms with E-state index in [9.17, 15) is 0 Å². The largest absolute Gasteiger partial charge is 0.380 e. The molecule has 2 atom stereocenters. The molecule has 1 aliphatic carbocycles. The molecule has 1 rings (SSSR count). The number of rotatable bonds is 6. The van der Waals surface area contributed by atoms with Gasteiger partial charge in [-0.25, -0.2) is 0 Å². The minimum Gasteiger partial charge on any atom is -0.380 e. The zero-order valence-corrected chi connectivity index (χ0v) is 12.0. The lowest BCUT2D eigenvalue weighted by molar-refractivity contribution is 0.0872. The summed E-state index contributed by atoms with van der Waals surface area (Å²) in [7, 11) is 1.79. The van der Waals surface area contributed by atoms with Crippen LogP contribution in [0.2, 0.25) is 0 Å². The first kappa shape index (κ1) is 14.3. The number of hydrogen-bond acceptors (Lipinski definition) is 3. The lowest BCUT2D eigenvalue weighted by Crippen LogP contribution is -2.46. The molecule has 0 amide bonds. The highest BCUT2D eigenvalue weighted by atomic mass is 32.2. The molecule has 2 unspecified atom stereocenters. The first-order valence-electron chi connectivity index (χ1n) is 6.45. The van der Waals surface area contributed by atoms with Crippen LogP contribution in [0.3, 0.4) is 0 Å². The minimum atomic E-state index is 0.294. The van der Waals surface area contributed by atoms with Crippen molar-refractivity contribution in [3.05, 3.63) is 0 Å². The highest BCUT2D eigenvalue weighted by molar-refractivity contribution is 8.00. The van der Waals surface area contributed by atoms with Gasteiger partial charge in [-0.05, 0) is 32.9 Å². The molecular weight excluding hydrogens is 218 g/mol. The predicted octanol–water partition coefficient (Wildman–Crippen LogP) is 3.07. The van der Waals surface area contributed by atoms with E-state index >= 15 is 0 Å². The Morgan fingerprint density at radius 3 is 2.38 bits per heavy atom. The maximum Gasteiger partial charge on any atom is 0.0693 e. The summed E-state index contributed by atoms with van der Waals surface area (Å²) in [6, 6.07) is 0.441. The van der Waals surface area contributed by atoms with E-state index < -0.39 is 0 Å². The van der Waals surface area contributed by atoms with E-state index in [1.54, 1.807) is 7.11 Å². The van der Waals surface area contributed by atoms with Crippen LogP contribution in [0.4, 0.5) is 0 Å². The van der Waals surface area contributed by atoms with E-state index in [0.29, 0.717) is 16.9 Å². The molecule has 1 fully saturated rings. The van der Waals surface area contributed by atoms with E-state index in [4.69, 9.17) is 4.74 Å². The summed E-state index contributed by atoms with van der Waals surface area (Å²) in [5.41, 5.74) is 0. The van der Waals surface area contributed by atoms with Crippen LogP contribution in [0.25, 0.3) is 0 Å². The smallest absolute Gasteiger partial charge is 0.0693 e. The second-order valence-corrected chi connectivity index (χ2v) is 6.33. The Kier molecular flexibility index (Phi) is 6.16. The van der Waals surface area contributed by atoms with Crippen LogP contribution < -0.4 is 5.32 Å².